The van der Waals surface area contributed by atoms with Gasteiger partial charge in [-0.2, -0.15) is 0 Å². The molecule has 1 aliphatic rings. The zero-order chi connectivity index (χ0) is 21.0. The second-order valence-corrected chi connectivity index (χ2v) is 7.33. The van der Waals surface area contributed by atoms with E-state index in [1.54, 1.807) is 17.9 Å². The summed E-state index contributed by atoms with van der Waals surface area (Å²) in [7, 11) is 1.89. The number of aryl methyl sites for hydroxylation is 1. The van der Waals surface area contributed by atoms with Gasteiger partial charge in [0, 0.05) is 12.2 Å². The first-order valence-corrected chi connectivity index (χ1v) is 9.63. The molecule has 2 aromatic rings. The SMILES string of the molecule is C=CCOc1ccc(CN(C)CN2C(=O)[C@H](C)N(c3ccc(C)cc3)C2=O)cc1. The van der Waals surface area contributed by atoms with E-state index in [0.29, 0.717) is 13.2 Å². The molecule has 2 aromatic carbocycles. The van der Waals surface area contributed by atoms with E-state index < -0.39 is 6.04 Å². The zero-order valence-electron chi connectivity index (χ0n) is 17.2. The third-order valence-corrected chi connectivity index (χ3v) is 4.89. The van der Waals surface area contributed by atoms with Gasteiger partial charge in [0.05, 0.1) is 6.67 Å². The number of hydrogen-bond donors (Lipinski definition) is 0. The van der Waals surface area contributed by atoms with Crippen LogP contribution in [0.2, 0.25) is 0 Å². The summed E-state index contributed by atoms with van der Waals surface area (Å²) in [6.45, 7) is 8.70. The molecule has 6 heteroatoms. The highest BCUT2D eigenvalue weighted by Crippen LogP contribution is 2.26. The molecular formula is C23H27N3O3. The van der Waals surface area contributed by atoms with Crippen LogP contribution in [0.1, 0.15) is 18.1 Å². The number of nitrogens with zero attached hydrogens (tertiary/aromatic N) is 3. The van der Waals surface area contributed by atoms with Crippen molar-refractivity contribution in [2.45, 2.75) is 26.4 Å². The Balaban J connectivity index is 1.64. The van der Waals surface area contributed by atoms with E-state index in [9.17, 15) is 9.59 Å². The number of imide groups is 1. The summed E-state index contributed by atoms with van der Waals surface area (Å²) in [5.74, 6) is 0.597. The summed E-state index contributed by atoms with van der Waals surface area (Å²) in [6.07, 6.45) is 1.70. The monoisotopic (exact) mass is 393 g/mol. The van der Waals surface area contributed by atoms with Crippen LogP contribution in [0.3, 0.4) is 0 Å². The van der Waals surface area contributed by atoms with Crippen molar-refractivity contribution in [3.8, 4) is 5.75 Å². The van der Waals surface area contributed by atoms with Crippen molar-refractivity contribution in [1.82, 2.24) is 9.80 Å². The maximum Gasteiger partial charge on any atom is 0.333 e. The normalized spacial score (nSPS) is 16.6. The third kappa shape index (κ3) is 4.66. The van der Waals surface area contributed by atoms with Crippen LogP contribution < -0.4 is 9.64 Å². The Morgan fingerprint density at radius 3 is 2.38 bits per heavy atom. The van der Waals surface area contributed by atoms with Crippen LogP contribution >= 0.6 is 0 Å². The largest absolute Gasteiger partial charge is 0.490 e. The predicted octanol–water partition coefficient (Wildman–Crippen LogP) is 3.81. The van der Waals surface area contributed by atoms with Gasteiger partial charge in [0.1, 0.15) is 18.4 Å². The fourth-order valence-corrected chi connectivity index (χ4v) is 3.34. The molecule has 1 atom stereocenters. The molecule has 0 aromatic heterocycles. The zero-order valence-corrected chi connectivity index (χ0v) is 17.2. The Kier molecular flexibility index (Phi) is 6.34. The molecule has 1 aliphatic heterocycles. The van der Waals surface area contributed by atoms with Crippen LogP contribution in [0.25, 0.3) is 0 Å². The molecule has 0 spiro atoms. The lowest BCUT2D eigenvalue weighted by molar-refractivity contribution is -0.128. The van der Waals surface area contributed by atoms with Gasteiger partial charge in [-0.05, 0) is 50.7 Å². The topological polar surface area (TPSA) is 53.1 Å². The molecule has 152 valence electrons. The smallest absolute Gasteiger partial charge is 0.333 e. The Morgan fingerprint density at radius 1 is 1.10 bits per heavy atom. The highest BCUT2D eigenvalue weighted by molar-refractivity contribution is 6.14. The van der Waals surface area contributed by atoms with Gasteiger partial charge in [-0.15, -0.1) is 0 Å². The number of hydrogen-bond acceptors (Lipinski definition) is 4. The molecule has 1 saturated heterocycles. The summed E-state index contributed by atoms with van der Waals surface area (Å²) in [5, 5.41) is 0. The van der Waals surface area contributed by atoms with Crippen LogP contribution in [-0.4, -0.2) is 48.1 Å². The minimum absolute atomic E-state index is 0.185. The third-order valence-electron chi connectivity index (χ3n) is 4.89. The minimum Gasteiger partial charge on any atom is -0.490 e. The Bertz CT molecular complexity index is 877. The van der Waals surface area contributed by atoms with E-state index in [2.05, 4.69) is 6.58 Å². The van der Waals surface area contributed by atoms with Gasteiger partial charge in [0.15, 0.2) is 0 Å². The van der Waals surface area contributed by atoms with Crippen LogP contribution in [0.4, 0.5) is 10.5 Å². The van der Waals surface area contributed by atoms with Crippen molar-refractivity contribution in [3.63, 3.8) is 0 Å². The van der Waals surface area contributed by atoms with Crippen molar-refractivity contribution in [2.24, 2.45) is 0 Å². The Morgan fingerprint density at radius 2 is 1.76 bits per heavy atom. The highest BCUT2D eigenvalue weighted by Gasteiger charge is 2.43. The molecule has 0 bridgehead atoms. The Labute approximate surface area is 172 Å². The van der Waals surface area contributed by atoms with Crippen molar-refractivity contribution in [3.05, 3.63) is 72.3 Å². The fraction of sp³-hybridized carbons (Fsp3) is 0.304. The van der Waals surface area contributed by atoms with Crippen molar-refractivity contribution >= 4 is 17.6 Å². The minimum atomic E-state index is -0.514. The molecule has 0 aliphatic carbocycles. The second-order valence-electron chi connectivity index (χ2n) is 7.33. The summed E-state index contributed by atoms with van der Waals surface area (Å²) in [4.78, 5) is 30.4. The van der Waals surface area contributed by atoms with Gasteiger partial charge in [0.2, 0.25) is 0 Å². The van der Waals surface area contributed by atoms with Gasteiger partial charge >= 0.3 is 6.03 Å². The number of anilines is 1. The number of carbonyl (C=O) groups is 2. The van der Waals surface area contributed by atoms with E-state index >= 15 is 0 Å². The number of rotatable bonds is 8. The number of urea groups is 1. The summed E-state index contributed by atoms with van der Waals surface area (Å²) in [5.41, 5.74) is 2.92. The fourth-order valence-electron chi connectivity index (χ4n) is 3.34. The predicted molar refractivity (Wildman–Crippen MR) is 114 cm³/mol. The van der Waals surface area contributed by atoms with E-state index in [0.717, 1.165) is 22.6 Å². The molecule has 0 saturated carbocycles. The number of carbonyl (C=O) groups excluding carboxylic acids is 2. The van der Waals surface area contributed by atoms with E-state index in [1.807, 2.05) is 67.4 Å². The van der Waals surface area contributed by atoms with Crippen LogP contribution in [0.15, 0.2) is 61.2 Å². The molecule has 0 N–H and O–H groups in total. The van der Waals surface area contributed by atoms with Crippen LogP contribution in [-0.2, 0) is 11.3 Å². The van der Waals surface area contributed by atoms with Gasteiger partial charge in [-0.1, -0.05) is 42.5 Å². The molecule has 0 unspecified atom stereocenters. The van der Waals surface area contributed by atoms with Crippen LogP contribution in [0.5, 0.6) is 5.75 Å². The summed E-state index contributed by atoms with van der Waals surface area (Å²) < 4.78 is 5.49. The van der Waals surface area contributed by atoms with E-state index in [-0.39, 0.29) is 18.6 Å². The van der Waals surface area contributed by atoms with Gasteiger partial charge in [0.25, 0.3) is 5.91 Å². The van der Waals surface area contributed by atoms with Gasteiger partial charge in [-0.3, -0.25) is 14.6 Å². The molecule has 1 fully saturated rings. The number of ether oxygens (including phenoxy) is 1. The first-order chi connectivity index (χ1) is 13.9. The molecule has 0 radical (unpaired) electrons. The standard InChI is InChI=1S/C23H27N3O3/c1-5-14-29-21-12-8-19(9-13-21)15-24(4)16-25-22(27)18(3)26(23(25)28)20-10-6-17(2)7-11-20/h5-13,18H,1,14-16H2,2-4H3/t18-/m0/s1. The van der Waals surface area contributed by atoms with E-state index in [4.69, 9.17) is 4.74 Å². The average molecular weight is 393 g/mol. The lowest BCUT2D eigenvalue weighted by atomic mass is 10.2. The first-order valence-electron chi connectivity index (χ1n) is 9.63. The molecule has 29 heavy (non-hydrogen) atoms. The van der Waals surface area contributed by atoms with Crippen molar-refractivity contribution in [2.75, 3.05) is 25.2 Å². The molecule has 6 nitrogen and oxygen atoms in total. The number of benzene rings is 2. The van der Waals surface area contributed by atoms with Crippen molar-refractivity contribution < 1.29 is 14.3 Å². The molecular weight excluding hydrogens is 366 g/mol. The summed E-state index contributed by atoms with van der Waals surface area (Å²) in [6, 6.07) is 14.6. The summed E-state index contributed by atoms with van der Waals surface area (Å²) >= 11 is 0. The first kappa shape index (κ1) is 20.6. The Hall–Kier alpha value is -3.12. The highest BCUT2D eigenvalue weighted by atomic mass is 16.5. The number of amides is 3. The molecule has 3 amide bonds. The quantitative estimate of drug-likeness (QED) is 0.506. The van der Waals surface area contributed by atoms with Gasteiger partial charge < -0.3 is 4.74 Å². The average Bonchev–Trinajstić information content (AvgIpc) is 2.91. The maximum atomic E-state index is 12.9. The lowest BCUT2D eigenvalue weighted by Gasteiger charge is -2.23. The van der Waals surface area contributed by atoms with Gasteiger partial charge in [-0.25, -0.2) is 9.69 Å². The lowest BCUT2D eigenvalue weighted by Crippen LogP contribution is -2.40. The van der Waals surface area contributed by atoms with Crippen molar-refractivity contribution in [1.29, 1.82) is 0 Å². The molecule has 3 rings (SSSR count). The second kappa shape index (κ2) is 8.92. The van der Waals surface area contributed by atoms with Crippen LogP contribution in [0, 0.1) is 6.92 Å². The molecule has 1 heterocycles. The van der Waals surface area contributed by atoms with E-state index in [1.165, 1.54) is 4.90 Å². The maximum absolute atomic E-state index is 12.9.